The van der Waals surface area contributed by atoms with Crippen LogP contribution in [-0.2, 0) is 13.0 Å². The molecule has 0 spiro atoms. The fourth-order valence-corrected chi connectivity index (χ4v) is 1.62. The number of rotatable bonds is 5. The van der Waals surface area contributed by atoms with Crippen LogP contribution in [0.5, 0.6) is 5.75 Å². The predicted octanol–water partition coefficient (Wildman–Crippen LogP) is 1.17. The second kappa shape index (κ2) is 5.97. The number of nitrogens with zero attached hydrogens (tertiary/aromatic N) is 2. The molecule has 3 N–H and O–H groups in total. The Bertz CT molecular complexity index is 517. The van der Waals surface area contributed by atoms with Gasteiger partial charge >= 0.3 is 0 Å². The first-order valence-electron chi connectivity index (χ1n) is 5.68. The first-order valence-corrected chi connectivity index (χ1v) is 5.68. The summed E-state index contributed by atoms with van der Waals surface area (Å²) in [6.45, 7) is 0.427. The Morgan fingerprint density at radius 3 is 2.83 bits per heavy atom. The van der Waals surface area contributed by atoms with Crippen LogP contribution in [0.15, 0.2) is 36.5 Å². The number of aliphatic hydroxyl groups excluding tert-OH is 1. The zero-order valence-corrected chi connectivity index (χ0v) is 9.91. The van der Waals surface area contributed by atoms with E-state index in [1.807, 2.05) is 24.3 Å². The molecule has 0 atom stereocenters. The lowest BCUT2D eigenvalue weighted by Crippen LogP contribution is -2.04. The van der Waals surface area contributed by atoms with Crippen LogP contribution in [0.25, 0.3) is 0 Å². The van der Waals surface area contributed by atoms with Gasteiger partial charge in [-0.05, 0) is 24.1 Å². The fourth-order valence-electron chi connectivity index (χ4n) is 1.62. The van der Waals surface area contributed by atoms with Crippen molar-refractivity contribution in [3.63, 3.8) is 0 Å². The Balaban J connectivity index is 2.06. The first kappa shape index (κ1) is 12.3. The number of aromatic nitrogens is 2. The van der Waals surface area contributed by atoms with Crippen LogP contribution >= 0.6 is 0 Å². The standard InChI is InChI=1S/C13H15N3O2/c14-13-15-7-5-11(16-13)9-18-12-4-2-1-3-10(12)6-8-17/h1-5,7,17H,6,8-9H2,(H2,14,15,16). The molecule has 0 bridgehead atoms. The van der Waals surface area contributed by atoms with Crippen molar-refractivity contribution in [2.75, 3.05) is 12.3 Å². The SMILES string of the molecule is Nc1nccc(COc2ccccc2CCO)n1. The molecule has 0 aliphatic heterocycles. The molecule has 5 heteroatoms. The minimum atomic E-state index is 0.0980. The fraction of sp³-hybridized carbons (Fsp3) is 0.231. The van der Waals surface area contributed by atoms with Crippen LogP contribution in [-0.4, -0.2) is 21.7 Å². The van der Waals surface area contributed by atoms with E-state index in [0.717, 1.165) is 17.0 Å². The van der Waals surface area contributed by atoms with Gasteiger partial charge in [-0.15, -0.1) is 0 Å². The lowest BCUT2D eigenvalue weighted by molar-refractivity contribution is 0.282. The number of nitrogen functional groups attached to an aromatic ring is 1. The Hall–Kier alpha value is -2.14. The quantitative estimate of drug-likeness (QED) is 0.826. The molecule has 1 aromatic heterocycles. The number of hydrogen-bond donors (Lipinski definition) is 2. The molecule has 0 aliphatic rings. The van der Waals surface area contributed by atoms with Crippen molar-refractivity contribution in [1.82, 2.24) is 9.97 Å². The third kappa shape index (κ3) is 3.18. The molecule has 0 fully saturated rings. The summed E-state index contributed by atoms with van der Waals surface area (Å²) in [4.78, 5) is 7.88. The second-order valence-electron chi connectivity index (χ2n) is 3.78. The van der Waals surface area contributed by atoms with E-state index in [1.165, 1.54) is 0 Å². The van der Waals surface area contributed by atoms with Gasteiger partial charge in [-0.2, -0.15) is 0 Å². The topological polar surface area (TPSA) is 81.3 Å². The number of ether oxygens (including phenoxy) is 1. The maximum atomic E-state index is 8.97. The molecule has 2 rings (SSSR count). The Labute approximate surface area is 105 Å². The van der Waals surface area contributed by atoms with Crippen molar-refractivity contribution in [2.24, 2.45) is 0 Å². The van der Waals surface area contributed by atoms with E-state index in [2.05, 4.69) is 9.97 Å². The highest BCUT2D eigenvalue weighted by Gasteiger charge is 2.03. The molecule has 1 aromatic carbocycles. The van der Waals surface area contributed by atoms with Gasteiger partial charge in [0.15, 0.2) is 0 Å². The van der Waals surface area contributed by atoms with E-state index in [-0.39, 0.29) is 12.6 Å². The highest BCUT2D eigenvalue weighted by molar-refractivity contribution is 5.33. The number of para-hydroxylation sites is 1. The molecule has 2 aromatic rings. The van der Waals surface area contributed by atoms with Crippen molar-refractivity contribution in [2.45, 2.75) is 13.0 Å². The third-order valence-corrected chi connectivity index (χ3v) is 2.46. The summed E-state index contributed by atoms with van der Waals surface area (Å²) in [5.74, 6) is 0.989. The summed E-state index contributed by atoms with van der Waals surface area (Å²) in [5, 5.41) is 8.97. The monoisotopic (exact) mass is 245 g/mol. The maximum Gasteiger partial charge on any atom is 0.220 e. The zero-order chi connectivity index (χ0) is 12.8. The molecule has 0 saturated carbocycles. The largest absolute Gasteiger partial charge is 0.487 e. The lowest BCUT2D eigenvalue weighted by atomic mass is 10.1. The van der Waals surface area contributed by atoms with Crippen molar-refractivity contribution >= 4 is 5.95 Å². The molecule has 1 heterocycles. The van der Waals surface area contributed by atoms with Gasteiger partial charge < -0.3 is 15.6 Å². The van der Waals surface area contributed by atoms with E-state index in [0.29, 0.717) is 13.0 Å². The minimum Gasteiger partial charge on any atom is -0.487 e. The summed E-state index contributed by atoms with van der Waals surface area (Å²) >= 11 is 0. The number of hydrogen-bond acceptors (Lipinski definition) is 5. The number of anilines is 1. The molecular formula is C13H15N3O2. The van der Waals surface area contributed by atoms with Crippen LogP contribution in [0.4, 0.5) is 5.95 Å². The normalized spacial score (nSPS) is 10.3. The van der Waals surface area contributed by atoms with Gasteiger partial charge in [0.05, 0.1) is 5.69 Å². The average molecular weight is 245 g/mol. The van der Waals surface area contributed by atoms with Gasteiger partial charge in [0.2, 0.25) is 5.95 Å². The number of nitrogens with two attached hydrogens (primary N) is 1. The van der Waals surface area contributed by atoms with Gasteiger partial charge in [0, 0.05) is 12.8 Å². The molecule has 0 saturated heterocycles. The van der Waals surface area contributed by atoms with Gasteiger partial charge in [-0.1, -0.05) is 18.2 Å². The maximum absolute atomic E-state index is 8.97. The summed E-state index contributed by atoms with van der Waals surface area (Å²) in [5.41, 5.74) is 7.19. The molecule has 5 nitrogen and oxygen atoms in total. The summed E-state index contributed by atoms with van der Waals surface area (Å²) in [6, 6.07) is 9.37. The van der Waals surface area contributed by atoms with Crippen LogP contribution in [0.1, 0.15) is 11.3 Å². The molecule has 94 valence electrons. The third-order valence-electron chi connectivity index (χ3n) is 2.46. The van der Waals surface area contributed by atoms with Gasteiger partial charge in [0.25, 0.3) is 0 Å². The van der Waals surface area contributed by atoms with Crippen LogP contribution < -0.4 is 10.5 Å². The number of benzene rings is 1. The smallest absolute Gasteiger partial charge is 0.220 e. The van der Waals surface area contributed by atoms with Gasteiger partial charge in [-0.25, -0.2) is 9.97 Å². The van der Waals surface area contributed by atoms with Crippen LogP contribution in [0, 0.1) is 0 Å². The Kier molecular flexibility index (Phi) is 4.09. The molecular weight excluding hydrogens is 230 g/mol. The predicted molar refractivity (Wildman–Crippen MR) is 68.0 cm³/mol. The zero-order valence-electron chi connectivity index (χ0n) is 9.91. The van der Waals surface area contributed by atoms with E-state index in [4.69, 9.17) is 15.6 Å². The molecule has 18 heavy (non-hydrogen) atoms. The molecule has 0 radical (unpaired) electrons. The van der Waals surface area contributed by atoms with Gasteiger partial charge in [-0.3, -0.25) is 0 Å². The average Bonchev–Trinajstić information content (AvgIpc) is 2.38. The van der Waals surface area contributed by atoms with E-state index >= 15 is 0 Å². The van der Waals surface area contributed by atoms with Gasteiger partial charge in [0.1, 0.15) is 12.4 Å². The van der Waals surface area contributed by atoms with Crippen LogP contribution in [0.3, 0.4) is 0 Å². The van der Waals surface area contributed by atoms with Crippen LogP contribution in [0.2, 0.25) is 0 Å². The Morgan fingerprint density at radius 1 is 1.22 bits per heavy atom. The number of aliphatic hydroxyl groups is 1. The Morgan fingerprint density at radius 2 is 2.06 bits per heavy atom. The van der Waals surface area contributed by atoms with Crippen molar-refractivity contribution < 1.29 is 9.84 Å². The van der Waals surface area contributed by atoms with E-state index in [1.54, 1.807) is 12.3 Å². The summed E-state index contributed by atoms with van der Waals surface area (Å²) < 4.78 is 5.67. The highest BCUT2D eigenvalue weighted by atomic mass is 16.5. The minimum absolute atomic E-state index is 0.0980. The second-order valence-corrected chi connectivity index (χ2v) is 3.78. The van der Waals surface area contributed by atoms with Crippen molar-refractivity contribution in [3.05, 3.63) is 47.8 Å². The summed E-state index contributed by atoms with van der Waals surface area (Å²) in [7, 11) is 0. The molecule has 0 aliphatic carbocycles. The molecule has 0 unspecified atom stereocenters. The van der Waals surface area contributed by atoms with Crippen molar-refractivity contribution in [1.29, 1.82) is 0 Å². The van der Waals surface area contributed by atoms with Crippen molar-refractivity contribution in [3.8, 4) is 5.75 Å². The highest BCUT2D eigenvalue weighted by Crippen LogP contribution is 2.19. The molecule has 0 amide bonds. The lowest BCUT2D eigenvalue weighted by Gasteiger charge is -2.10. The summed E-state index contributed by atoms with van der Waals surface area (Å²) in [6.07, 6.45) is 2.17. The van der Waals surface area contributed by atoms with E-state index in [9.17, 15) is 0 Å². The van der Waals surface area contributed by atoms with E-state index < -0.39 is 0 Å². The first-order chi connectivity index (χ1) is 8.79.